The molecular weight excluding hydrogens is 603 g/mol. The molecule has 3 heterocycles. The molecule has 0 saturated carbocycles. The van der Waals surface area contributed by atoms with Crippen molar-refractivity contribution < 1.29 is 22.8 Å². The van der Waals surface area contributed by atoms with Crippen molar-refractivity contribution in [3.8, 4) is 11.4 Å². The Bertz CT molecular complexity index is 2020. The first-order valence-corrected chi connectivity index (χ1v) is 13.7. The lowest BCUT2D eigenvalue weighted by Gasteiger charge is -2.16. The minimum atomic E-state index is -4.60. The second kappa shape index (κ2) is 12.6. The Morgan fingerprint density at radius 2 is 1.70 bits per heavy atom. The molecule has 0 atom stereocenters. The highest BCUT2D eigenvalue weighted by molar-refractivity contribution is 6.04. The lowest BCUT2D eigenvalue weighted by molar-refractivity contribution is -0.137. The number of nitrogen functional groups attached to an aromatic ring is 1. The molecule has 0 radical (unpaired) electrons. The number of fused-ring (bicyclic) bond motifs is 1. The quantitative estimate of drug-likeness (QED) is 0.246. The number of pyridine rings is 1. The van der Waals surface area contributed by atoms with E-state index in [4.69, 9.17) is 5.73 Å². The van der Waals surface area contributed by atoms with E-state index in [1.807, 2.05) is 19.0 Å². The Kier molecular flexibility index (Phi) is 8.69. The Morgan fingerprint density at radius 3 is 2.39 bits per heavy atom. The zero-order valence-corrected chi connectivity index (χ0v) is 24.9. The van der Waals surface area contributed by atoms with Gasteiger partial charge in [-0.05, 0) is 68.7 Å². The Hall–Kier alpha value is -5.83. The van der Waals surface area contributed by atoms with Gasteiger partial charge in [-0.15, -0.1) is 0 Å². The smallest absolute Gasteiger partial charge is 0.382 e. The second-order valence-corrected chi connectivity index (χ2v) is 10.4. The molecule has 0 fully saturated rings. The number of benzene rings is 2. The third-order valence-corrected chi connectivity index (χ3v) is 6.90. The first-order valence-electron chi connectivity index (χ1n) is 13.7. The van der Waals surface area contributed by atoms with Crippen LogP contribution in [0.2, 0.25) is 0 Å². The predicted octanol–water partition coefficient (Wildman–Crippen LogP) is 3.90. The Balaban J connectivity index is 1.48. The number of rotatable bonds is 8. The molecule has 5 aromatic rings. The standard InChI is InChI=1S/C31H28F3N9O3/c1-40(2)15-5-8-25(44)41(3)22-6-4-7-23(17-22)43-28-26(27(35)37-18-38-28)42(30(43)46)21-11-9-19(10-12-21)29(45)39-24-16-20(13-14-36-24)31(32,33)34/h4-14,16-18H,15H2,1-3H3,(H2,35,37,38)(H,36,39,45). The molecule has 12 nitrogen and oxygen atoms in total. The largest absolute Gasteiger partial charge is 0.416 e. The molecule has 2 aromatic carbocycles. The van der Waals surface area contributed by atoms with Gasteiger partial charge < -0.3 is 20.9 Å². The predicted molar refractivity (Wildman–Crippen MR) is 167 cm³/mol. The van der Waals surface area contributed by atoms with Gasteiger partial charge in [0, 0.05) is 37.1 Å². The van der Waals surface area contributed by atoms with Crippen LogP contribution in [0.1, 0.15) is 15.9 Å². The number of nitrogens with zero attached hydrogens (tertiary/aromatic N) is 7. The molecule has 0 aliphatic rings. The lowest BCUT2D eigenvalue weighted by atomic mass is 10.2. The summed E-state index contributed by atoms with van der Waals surface area (Å²) in [4.78, 5) is 55.0. The number of carbonyl (C=O) groups is 2. The van der Waals surface area contributed by atoms with E-state index in [1.165, 1.54) is 50.7 Å². The number of nitrogens with two attached hydrogens (primary N) is 1. The fourth-order valence-corrected chi connectivity index (χ4v) is 4.59. The van der Waals surface area contributed by atoms with Gasteiger partial charge in [0.1, 0.15) is 17.7 Å². The van der Waals surface area contributed by atoms with E-state index in [0.29, 0.717) is 23.6 Å². The molecule has 46 heavy (non-hydrogen) atoms. The SMILES string of the molecule is CN(C)CC=CC(=O)N(C)c1cccc(-n2c(=O)n(-c3ccc(C(=O)Nc4cc(C(F)(F)F)ccn4)cc3)c3c(N)ncnc32)c1. The maximum Gasteiger partial charge on any atom is 0.416 e. The number of hydrogen-bond donors (Lipinski definition) is 2. The number of alkyl halides is 3. The Morgan fingerprint density at radius 1 is 0.957 bits per heavy atom. The summed E-state index contributed by atoms with van der Waals surface area (Å²) >= 11 is 0. The summed E-state index contributed by atoms with van der Waals surface area (Å²) in [7, 11) is 5.40. The van der Waals surface area contributed by atoms with Gasteiger partial charge >= 0.3 is 11.9 Å². The third-order valence-electron chi connectivity index (χ3n) is 6.90. The van der Waals surface area contributed by atoms with Crippen LogP contribution in [-0.4, -0.2) is 68.5 Å². The summed E-state index contributed by atoms with van der Waals surface area (Å²) < 4.78 is 41.8. The van der Waals surface area contributed by atoms with Gasteiger partial charge in [0.05, 0.1) is 16.9 Å². The maximum atomic E-state index is 14.0. The van der Waals surface area contributed by atoms with Crippen LogP contribution in [0, 0.1) is 0 Å². The number of likely N-dealkylation sites (N-methyl/N-ethyl adjacent to an activating group) is 2. The number of halogens is 3. The molecule has 0 bridgehead atoms. The molecule has 0 aliphatic heterocycles. The summed E-state index contributed by atoms with van der Waals surface area (Å²) in [6.07, 6.45) is 0.795. The van der Waals surface area contributed by atoms with Crippen molar-refractivity contribution in [3.05, 3.63) is 107 Å². The molecule has 0 spiro atoms. The van der Waals surface area contributed by atoms with Gasteiger partial charge in [0.25, 0.3) is 5.91 Å². The third kappa shape index (κ3) is 6.49. The molecule has 3 N–H and O–H groups in total. The summed E-state index contributed by atoms with van der Waals surface area (Å²) in [5, 5.41) is 2.35. The number of hydrogen-bond acceptors (Lipinski definition) is 8. The maximum absolute atomic E-state index is 14.0. The number of anilines is 3. The minimum Gasteiger partial charge on any atom is -0.382 e. The van der Waals surface area contributed by atoms with Crippen LogP contribution in [0.25, 0.3) is 22.5 Å². The fourth-order valence-electron chi connectivity index (χ4n) is 4.59. The monoisotopic (exact) mass is 631 g/mol. The molecule has 15 heteroatoms. The average molecular weight is 632 g/mol. The van der Waals surface area contributed by atoms with Crippen molar-refractivity contribution in [2.45, 2.75) is 6.18 Å². The first-order chi connectivity index (χ1) is 21.8. The highest BCUT2D eigenvalue weighted by atomic mass is 19.4. The molecule has 3 aromatic heterocycles. The molecule has 0 saturated heterocycles. The van der Waals surface area contributed by atoms with E-state index in [0.717, 1.165) is 18.3 Å². The summed E-state index contributed by atoms with van der Waals surface area (Å²) in [6.45, 7) is 0.592. The van der Waals surface area contributed by atoms with Crippen LogP contribution >= 0.6 is 0 Å². The number of imidazole rings is 1. The van der Waals surface area contributed by atoms with Crippen LogP contribution in [0.3, 0.4) is 0 Å². The van der Waals surface area contributed by atoms with Crippen molar-refractivity contribution in [1.82, 2.24) is 29.0 Å². The highest BCUT2D eigenvalue weighted by Crippen LogP contribution is 2.30. The highest BCUT2D eigenvalue weighted by Gasteiger charge is 2.31. The van der Waals surface area contributed by atoms with E-state index in [1.54, 1.807) is 37.4 Å². The van der Waals surface area contributed by atoms with E-state index >= 15 is 0 Å². The van der Waals surface area contributed by atoms with Gasteiger partial charge in [-0.3, -0.25) is 14.2 Å². The van der Waals surface area contributed by atoms with E-state index < -0.39 is 23.3 Å². The first kappa shape index (κ1) is 31.6. The van der Waals surface area contributed by atoms with E-state index in [2.05, 4.69) is 20.3 Å². The Labute approximate surface area is 260 Å². The summed E-state index contributed by atoms with van der Waals surface area (Å²) in [5.74, 6) is -1.21. The van der Waals surface area contributed by atoms with Gasteiger partial charge in [0.15, 0.2) is 11.5 Å². The van der Waals surface area contributed by atoms with Crippen LogP contribution in [0.15, 0.2) is 90.1 Å². The second-order valence-electron chi connectivity index (χ2n) is 10.4. The number of nitrogens with one attached hydrogen (secondary N) is 1. The van der Waals surface area contributed by atoms with Crippen LogP contribution in [0.5, 0.6) is 0 Å². The topological polar surface area (TPSA) is 144 Å². The zero-order chi connectivity index (χ0) is 33.2. The van der Waals surface area contributed by atoms with Crippen molar-refractivity contribution in [3.63, 3.8) is 0 Å². The molecule has 0 unspecified atom stereocenters. The molecule has 0 aliphatic carbocycles. The van der Waals surface area contributed by atoms with E-state index in [-0.39, 0.29) is 34.3 Å². The van der Waals surface area contributed by atoms with Crippen molar-refractivity contribution in [2.75, 3.05) is 43.6 Å². The lowest BCUT2D eigenvalue weighted by Crippen LogP contribution is -2.25. The van der Waals surface area contributed by atoms with Gasteiger partial charge in [-0.1, -0.05) is 12.1 Å². The van der Waals surface area contributed by atoms with Crippen LogP contribution < -0.4 is 21.6 Å². The van der Waals surface area contributed by atoms with E-state index in [9.17, 15) is 27.6 Å². The normalized spacial score (nSPS) is 11.8. The number of aromatic nitrogens is 5. The van der Waals surface area contributed by atoms with Crippen molar-refractivity contribution in [1.29, 1.82) is 0 Å². The zero-order valence-electron chi connectivity index (χ0n) is 24.9. The fraction of sp³-hybridized carbons (Fsp3) is 0.161. The molecule has 5 rings (SSSR count). The van der Waals surface area contributed by atoms with Crippen molar-refractivity contribution >= 4 is 40.3 Å². The van der Waals surface area contributed by atoms with Crippen LogP contribution in [0.4, 0.5) is 30.5 Å². The number of carbonyl (C=O) groups excluding carboxylic acids is 2. The van der Waals surface area contributed by atoms with Crippen LogP contribution in [-0.2, 0) is 11.0 Å². The van der Waals surface area contributed by atoms with Crippen molar-refractivity contribution in [2.24, 2.45) is 0 Å². The van der Waals surface area contributed by atoms with Gasteiger partial charge in [-0.2, -0.15) is 13.2 Å². The number of amides is 2. The minimum absolute atomic E-state index is 0.0211. The van der Waals surface area contributed by atoms with Gasteiger partial charge in [-0.25, -0.2) is 24.3 Å². The molecule has 236 valence electrons. The van der Waals surface area contributed by atoms with Gasteiger partial charge in [0.2, 0.25) is 5.91 Å². The summed E-state index contributed by atoms with van der Waals surface area (Å²) in [5.41, 5.74) is 6.46. The summed E-state index contributed by atoms with van der Waals surface area (Å²) in [6, 6.07) is 14.1. The molecule has 2 amide bonds. The average Bonchev–Trinajstić information content (AvgIpc) is 3.33. The molecular formula is C31H28F3N9O3.